The van der Waals surface area contributed by atoms with Crippen molar-refractivity contribution in [2.24, 2.45) is 35.5 Å². The average Bonchev–Trinajstić information content (AvgIpc) is 2.90. The fourth-order valence-electron chi connectivity index (χ4n) is 4.11. The zero-order valence-corrected chi connectivity index (χ0v) is 15.5. The predicted molar refractivity (Wildman–Crippen MR) is 89.6 cm³/mol. The first kappa shape index (κ1) is 18.6. The van der Waals surface area contributed by atoms with Gasteiger partial charge >= 0.3 is 0 Å². The van der Waals surface area contributed by atoms with Crippen LogP contribution in [-0.4, -0.2) is 42.3 Å². The molecule has 0 aromatic heterocycles. The molecule has 2 rings (SSSR count). The van der Waals surface area contributed by atoms with Gasteiger partial charge in [-0.2, -0.15) is 0 Å². The van der Waals surface area contributed by atoms with Gasteiger partial charge in [0.25, 0.3) is 0 Å². The minimum absolute atomic E-state index is 0.0995. The maximum Gasteiger partial charge on any atom is 0.167 e. The second-order valence-electron chi connectivity index (χ2n) is 7.64. The number of aliphatic hydroxyl groups excluding tert-OH is 2. The normalized spacial score (nSPS) is 47.0. The van der Waals surface area contributed by atoms with Crippen molar-refractivity contribution < 1.29 is 19.3 Å². The Balaban J connectivity index is 1.79. The average molecular weight is 332 g/mol. The van der Waals surface area contributed by atoms with Crippen molar-refractivity contribution in [1.29, 1.82) is 0 Å². The Morgan fingerprint density at radius 2 is 1.59 bits per heavy atom. The fourth-order valence-corrected chi connectivity index (χ4v) is 5.28. The number of aliphatic hydroxyl groups is 2. The summed E-state index contributed by atoms with van der Waals surface area (Å²) in [6, 6.07) is 0. The molecular weight excluding hydrogens is 299 g/mol. The number of hydrogen-bond donors (Lipinski definition) is 2. The Labute approximate surface area is 136 Å². The molecule has 22 heavy (non-hydrogen) atoms. The van der Waals surface area contributed by atoms with E-state index < -0.39 is 8.38 Å². The van der Waals surface area contributed by atoms with Crippen molar-refractivity contribution >= 4 is 8.38 Å². The molecule has 0 aromatic carbocycles. The Bertz CT molecular complexity index is 354. The largest absolute Gasteiger partial charge is 0.396 e. The first-order valence-corrected chi connectivity index (χ1v) is 10.3. The van der Waals surface area contributed by atoms with Crippen LogP contribution in [0.3, 0.4) is 0 Å². The van der Waals surface area contributed by atoms with Crippen LogP contribution in [0.5, 0.6) is 0 Å². The summed E-state index contributed by atoms with van der Waals surface area (Å²) >= 11 is 0. The lowest BCUT2D eigenvalue weighted by molar-refractivity contribution is 0.0543. The van der Waals surface area contributed by atoms with Gasteiger partial charge < -0.3 is 19.3 Å². The first-order chi connectivity index (χ1) is 10.3. The van der Waals surface area contributed by atoms with Crippen LogP contribution >= 0.6 is 8.38 Å². The zero-order valence-electron chi connectivity index (χ0n) is 14.6. The van der Waals surface area contributed by atoms with Gasteiger partial charge in [-0.1, -0.05) is 27.7 Å². The van der Waals surface area contributed by atoms with Gasteiger partial charge in [-0.25, -0.2) is 0 Å². The van der Waals surface area contributed by atoms with Gasteiger partial charge in [-0.05, 0) is 36.5 Å². The summed E-state index contributed by atoms with van der Waals surface area (Å²) in [5.41, 5.74) is 0. The molecule has 0 heterocycles. The van der Waals surface area contributed by atoms with E-state index in [1.54, 1.807) is 0 Å². The lowest BCUT2D eigenvalue weighted by atomic mass is 9.99. The number of hydrogen-bond acceptors (Lipinski definition) is 4. The molecule has 9 unspecified atom stereocenters. The summed E-state index contributed by atoms with van der Waals surface area (Å²) in [5, 5.41) is 19.8. The van der Waals surface area contributed by atoms with Crippen molar-refractivity contribution in [1.82, 2.24) is 0 Å². The molecule has 2 fully saturated rings. The van der Waals surface area contributed by atoms with Crippen LogP contribution < -0.4 is 0 Å². The highest BCUT2D eigenvalue weighted by atomic mass is 31.2. The topological polar surface area (TPSA) is 58.9 Å². The van der Waals surface area contributed by atoms with E-state index >= 15 is 0 Å². The highest BCUT2D eigenvalue weighted by molar-refractivity contribution is 7.46. The van der Waals surface area contributed by atoms with Crippen LogP contribution in [0.1, 0.15) is 40.5 Å². The van der Waals surface area contributed by atoms with E-state index in [-0.39, 0.29) is 30.7 Å². The van der Waals surface area contributed by atoms with Crippen LogP contribution in [0.4, 0.5) is 0 Å². The summed E-state index contributed by atoms with van der Waals surface area (Å²) in [4.78, 5) is 0. The molecule has 0 saturated heterocycles. The molecule has 0 bridgehead atoms. The first-order valence-electron chi connectivity index (χ1n) is 8.67. The molecule has 5 heteroatoms. The van der Waals surface area contributed by atoms with Crippen LogP contribution in [0.15, 0.2) is 0 Å². The summed E-state index contributed by atoms with van der Waals surface area (Å²) in [7, 11) is -0.956. The molecule has 0 amide bonds. The van der Waals surface area contributed by atoms with Crippen molar-refractivity contribution in [3.8, 4) is 0 Å². The van der Waals surface area contributed by atoms with E-state index in [9.17, 15) is 10.2 Å². The smallest absolute Gasteiger partial charge is 0.167 e. The quantitative estimate of drug-likeness (QED) is 0.733. The van der Waals surface area contributed by atoms with Crippen LogP contribution in [-0.2, 0) is 9.05 Å². The molecule has 0 aromatic rings. The molecule has 9 atom stereocenters. The molecule has 0 radical (unpaired) electrons. The van der Waals surface area contributed by atoms with Gasteiger partial charge in [0.1, 0.15) is 0 Å². The zero-order chi connectivity index (χ0) is 16.4. The highest BCUT2D eigenvalue weighted by Crippen LogP contribution is 2.47. The summed E-state index contributed by atoms with van der Waals surface area (Å²) < 4.78 is 12.1. The van der Waals surface area contributed by atoms with Crippen LogP contribution in [0, 0.1) is 35.5 Å². The molecule has 2 aliphatic rings. The maximum atomic E-state index is 10.2. The van der Waals surface area contributed by atoms with E-state index in [1.165, 1.54) is 0 Å². The number of rotatable bonds is 6. The Kier molecular flexibility index (Phi) is 6.68. The summed E-state index contributed by atoms with van der Waals surface area (Å²) in [6.07, 6.45) is 1.90. The molecule has 130 valence electrons. The van der Waals surface area contributed by atoms with Crippen molar-refractivity contribution in [2.75, 3.05) is 19.9 Å². The molecule has 2 N–H and O–H groups in total. The van der Waals surface area contributed by atoms with E-state index in [0.717, 1.165) is 12.8 Å². The van der Waals surface area contributed by atoms with Crippen molar-refractivity contribution in [3.05, 3.63) is 0 Å². The lowest BCUT2D eigenvalue weighted by Crippen LogP contribution is -2.26. The van der Waals surface area contributed by atoms with E-state index in [0.29, 0.717) is 30.3 Å². The van der Waals surface area contributed by atoms with Crippen LogP contribution in [0.25, 0.3) is 0 Å². The van der Waals surface area contributed by atoms with E-state index in [2.05, 4.69) is 27.7 Å². The van der Waals surface area contributed by atoms with Gasteiger partial charge in [0.15, 0.2) is 8.38 Å². The highest BCUT2D eigenvalue weighted by Gasteiger charge is 2.41. The van der Waals surface area contributed by atoms with Crippen molar-refractivity contribution in [3.63, 3.8) is 0 Å². The Morgan fingerprint density at radius 3 is 2.14 bits per heavy atom. The van der Waals surface area contributed by atoms with Gasteiger partial charge in [0, 0.05) is 25.1 Å². The van der Waals surface area contributed by atoms with Gasteiger partial charge in [-0.3, -0.25) is 0 Å². The molecule has 2 aliphatic carbocycles. The third-order valence-corrected chi connectivity index (χ3v) is 7.18. The molecule has 2 saturated carbocycles. The van der Waals surface area contributed by atoms with E-state index in [1.807, 2.05) is 6.66 Å². The fraction of sp³-hybridized carbons (Fsp3) is 1.00. The molecule has 4 nitrogen and oxygen atoms in total. The monoisotopic (exact) mass is 332 g/mol. The van der Waals surface area contributed by atoms with Crippen molar-refractivity contribution in [2.45, 2.75) is 52.7 Å². The van der Waals surface area contributed by atoms with E-state index in [4.69, 9.17) is 9.05 Å². The standard InChI is InChI=1S/C17H33O4P/c1-10-7-15(16(19)12(10)3)9-20-22(5)21-17-13(4)11(2)6-14(17)8-18/h10-19H,6-9H2,1-5H3. The minimum Gasteiger partial charge on any atom is -0.396 e. The SMILES string of the molecule is CC1CC(COP(C)OC2C(CO)CC(C)C2C)C(O)C1C. The maximum absolute atomic E-state index is 10.2. The van der Waals surface area contributed by atoms with Gasteiger partial charge in [0.05, 0.1) is 18.8 Å². The minimum atomic E-state index is -0.956. The van der Waals surface area contributed by atoms with Gasteiger partial charge in [0.2, 0.25) is 0 Å². The molecule has 0 spiro atoms. The molecule has 0 aliphatic heterocycles. The molecular formula is C17H33O4P. The third kappa shape index (κ3) is 4.02. The lowest BCUT2D eigenvalue weighted by Gasteiger charge is -2.27. The Morgan fingerprint density at radius 1 is 1.00 bits per heavy atom. The van der Waals surface area contributed by atoms with Gasteiger partial charge in [-0.15, -0.1) is 0 Å². The summed E-state index contributed by atoms with van der Waals surface area (Å²) in [5.74, 6) is 2.42. The Hall–Kier alpha value is 0.270. The predicted octanol–water partition coefficient (Wildman–Crippen LogP) is 3.27. The second-order valence-corrected chi connectivity index (χ2v) is 8.99. The second kappa shape index (κ2) is 7.90. The third-order valence-electron chi connectivity index (χ3n) is 6.12. The van der Waals surface area contributed by atoms with Crippen LogP contribution in [0.2, 0.25) is 0 Å². The summed E-state index contributed by atoms with van der Waals surface area (Å²) in [6.45, 7) is 11.5.